The third-order valence-corrected chi connectivity index (χ3v) is 2.32. The van der Waals surface area contributed by atoms with Gasteiger partial charge >= 0.3 is 6.09 Å². The van der Waals surface area contributed by atoms with Crippen molar-refractivity contribution in [2.75, 3.05) is 18.5 Å². The molecule has 1 aliphatic heterocycles. The molecule has 0 bridgehead atoms. The highest BCUT2D eigenvalue weighted by molar-refractivity contribution is 5.86. The van der Waals surface area contributed by atoms with Crippen LogP contribution >= 0.6 is 0 Å². The van der Waals surface area contributed by atoms with Gasteiger partial charge in [-0.05, 0) is 20.8 Å². The third-order valence-electron chi connectivity index (χ3n) is 2.32. The molecule has 1 aromatic rings. The first kappa shape index (κ1) is 13.7. The molecule has 0 saturated carbocycles. The van der Waals surface area contributed by atoms with Crippen LogP contribution in [0.25, 0.3) is 0 Å². The fourth-order valence-corrected chi connectivity index (χ4v) is 1.49. The maximum Gasteiger partial charge on any atom is 0.412 e. The maximum atomic E-state index is 11.7. The number of ether oxygens (including phenoxy) is 3. The van der Waals surface area contributed by atoms with E-state index < -0.39 is 11.7 Å². The first-order chi connectivity index (χ1) is 8.83. The van der Waals surface area contributed by atoms with Crippen molar-refractivity contribution in [3.05, 3.63) is 6.20 Å². The number of aromatic nitrogens is 2. The molecule has 1 saturated heterocycles. The van der Waals surface area contributed by atoms with E-state index in [0.29, 0.717) is 24.8 Å². The van der Waals surface area contributed by atoms with E-state index in [-0.39, 0.29) is 6.10 Å². The molecule has 106 valence electrons. The van der Waals surface area contributed by atoms with Crippen LogP contribution < -0.4 is 10.1 Å². The average molecular weight is 269 g/mol. The van der Waals surface area contributed by atoms with Crippen LogP contribution in [-0.2, 0) is 16.5 Å². The predicted molar refractivity (Wildman–Crippen MR) is 68.3 cm³/mol. The van der Waals surface area contributed by atoms with Gasteiger partial charge in [0.15, 0.2) is 0 Å². The van der Waals surface area contributed by atoms with Crippen LogP contribution in [0.1, 0.15) is 20.8 Å². The second-order valence-corrected chi connectivity index (χ2v) is 5.43. The van der Waals surface area contributed by atoms with E-state index in [2.05, 4.69) is 10.4 Å². The zero-order chi connectivity index (χ0) is 14.0. The van der Waals surface area contributed by atoms with Crippen LogP contribution in [0.15, 0.2) is 6.20 Å². The van der Waals surface area contributed by atoms with Gasteiger partial charge in [0.2, 0.25) is 0 Å². The molecule has 1 aliphatic rings. The van der Waals surface area contributed by atoms with Crippen molar-refractivity contribution < 1.29 is 19.0 Å². The minimum Gasteiger partial charge on any atom is -0.467 e. The molecule has 1 amide bonds. The standard InChI is InChI=1S/C12H19N3O4/c1-12(2,3)19-11(16)13-9-5-15(4)14-10(9)18-8-6-17-7-8/h5,8H,6-7H2,1-4H3,(H,13,16). The molecule has 2 rings (SSSR count). The number of amides is 1. The Kier molecular flexibility index (Phi) is 3.66. The molecule has 0 spiro atoms. The summed E-state index contributed by atoms with van der Waals surface area (Å²) < 4.78 is 17.4. The molecule has 1 fully saturated rings. The first-order valence-electron chi connectivity index (χ1n) is 6.11. The summed E-state index contributed by atoms with van der Waals surface area (Å²) in [5.41, 5.74) is -0.0570. The van der Waals surface area contributed by atoms with E-state index in [4.69, 9.17) is 14.2 Å². The quantitative estimate of drug-likeness (QED) is 0.901. The van der Waals surface area contributed by atoms with Gasteiger partial charge in [0.05, 0.1) is 19.4 Å². The minimum atomic E-state index is -0.547. The molecule has 7 nitrogen and oxygen atoms in total. The van der Waals surface area contributed by atoms with Crippen LogP contribution in [0.4, 0.5) is 10.5 Å². The lowest BCUT2D eigenvalue weighted by Crippen LogP contribution is -2.38. The van der Waals surface area contributed by atoms with Gasteiger partial charge in [-0.15, -0.1) is 5.10 Å². The summed E-state index contributed by atoms with van der Waals surface area (Å²) in [6.45, 7) is 6.50. The van der Waals surface area contributed by atoms with Crippen molar-refractivity contribution in [1.29, 1.82) is 0 Å². The minimum absolute atomic E-state index is 0.00548. The molecule has 7 heteroatoms. The van der Waals surface area contributed by atoms with Crippen molar-refractivity contribution in [3.8, 4) is 5.88 Å². The number of carbonyl (C=O) groups excluding carboxylic acids is 1. The molecule has 0 unspecified atom stereocenters. The fraction of sp³-hybridized carbons (Fsp3) is 0.667. The van der Waals surface area contributed by atoms with Crippen LogP contribution in [0.2, 0.25) is 0 Å². The van der Waals surface area contributed by atoms with Crippen molar-refractivity contribution in [2.24, 2.45) is 7.05 Å². The van der Waals surface area contributed by atoms with Crippen molar-refractivity contribution in [3.63, 3.8) is 0 Å². The normalized spacial score (nSPS) is 15.8. The summed E-state index contributed by atoms with van der Waals surface area (Å²) in [6.07, 6.45) is 1.13. The van der Waals surface area contributed by atoms with Gasteiger partial charge in [-0.2, -0.15) is 0 Å². The van der Waals surface area contributed by atoms with Crippen molar-refractivity contribution in [2.45, 2.75) is 32.5 Å². The summed E-state index contributed by atoms with van der Waals surface area (Å²) in [5.74, 6) is 0.377. The van der Waals surface area contributed by atoms with Gasteiger partial charge in [0.1, 0.15) is 17.4 Å². The molecule has 19 heavy (non-hydrogen) atoms. The lowest BCUT2D eigenvalue weighted by molar-refractivity contribution is -0.0812. The zero-order valence-corrected chi connectivity index (χ0v) is 11.6. The number of nitrogens with one attached hydrogen (secondary N) is 1. The predicted octanol–water partition coefficient (Wildman–Crippen LogP) is 1.54. The highest BCUT2D eigenvalue weighted by atomic mass is 16.6. The van der Waals surface area contributed by atoms with Gasteiger partial charge in [-0.3, -0.25) is 10.00 Å². The number of hydrogen-bond acceptors (Lipinski definition) is 5. The topological polar surface area (TPSA) is 74.6 Å². The highest BCUT2D eigenvalue weighted by Gasteiger charge is 2.24. The Balaban J connectivity index is 2.00. The van der Waals surface area contributed by atoms with E-state index in [1.54, 1.807) is 38.7 Å². The molecule has 0 atom stereocenters. The molecule has 1 N–H and O–H groups in total. The lowest BCUT2D eigenvalue weighted by Gasteiger charge is -2.26. The molecule has 2 heterocycles. The molecule has 1 aromatic heterocycles. The summed E-state index contributed by atoms with van der Waals surface area (Å²) >= 11 is 0. The van der Waals surface area contributed by atoms with Gasteiger partial charge in [0.25, 0.3) is 5.88 Å². The Bertz CT molecular complexity index is 460. The average Bonchev–Trinajstić information content (AvgIpc) is 2.49. The SMILES string of the molecule is Cn1cc(NC(=O)OC(C)(C)C)c(OC2COC2)n1. The summed E-state index contributed by atoms with van der Waals surface area (Å²) in [7, 11) is 1.75. The smallest absolute Gasteiger partial charge is 0.412 e. The monoisotopic (exact) mass is 269 g/mol. The third kappa shape index (κ3) is 3.85. The number of hydrogen-bond donors (Lipinski definition) is 1. The summed E-state index contributed by atoms with van der Waals surface area (Å²) in [5, 5.41) is 6.78. The van der Waals surface area contributed by atoms with Crippen molar-refractivity contribution >= 4 is 11.8 Å². The Morgan fingerprint density at radius 1 is 1.53 bits per heavy atom. The summed E-state index contributed by atoms with van der Waals surface area (Å²) in [6, 6.07) is 0. The zero-order valence-electron chi connectivity index (χ0n) is 11.6. The maximum absolute atomic E-state index is 11.7. The number of carbonyl (C=O) groups is 1. The Morgan fingerprint density at radius 2 is 2.21 bits per heavy atom. The van der Waals surface area contributed by atoms with Crippen LogP contribution in [0.3, 0.4) is 0 Å². The molecular weight excluding hydrogens is 250 g/mol. The van der Waals surface area contributed by atoms with E-state index in [0.717, 1.165) is 0 Å². The van der Waals surface area contributed by atoms with Gasteiger partial charge in [-0.1, -0.05) is 0 Å². The molecule has 0 aliphatic carbocycles. The Hall–Kier alpha value is -1.76. The van der Waals surface area contributed by atoms with Crippen LogP contribution in [0.5, 0.6) is 5.88 Å². The highest BCUT2D eigenvalue weighted by Crippen LogP contribution is 2.25. The largest absolute Gasteiger partial charge is 0.467 e. The Labute approximate surface area is 111 Å². The van der Waals surface area contributed by atoms with Crippen LogP contribution in [-0.4, -0.2) is 40.8 Å². The summed E-state index contributed by atoms with van der Waals surface area (Å²) in [4.78, 5) is 11.7. The molecule has 0 radical (unpaired) electrons. The van der Waals surface area contributed by atoms with Crippen molar-refractivity contribution in [1.82, 2.24) is 9.78 Å². The molecular formula is C12H19N3O4. The van der Waals surface area contributed by atoms with E-state index in [1.807, 2.05) is 0 Å². The van der Waals surface area contributed by atoms with E-state index >= 15 is 0 Å². The lowest BCUT2D eigenvalue weighted by atomic mass is 10.2. The number of aryl methyl sites for hydroxylation is 1. The number of rotatable bonds is 3. The van der Waals surface area contributed by atoms with Gasteiger partial charge in [-0.25, -0.2) is 4.79 Å². The van der Waals surface area contributed by atoms with Crippen LogP contribution in [0, 0.1) is 0 Å². The second kappa shape index (κ2) is 5.08. The van der Waals surface area contributed by atoms with E-state index in [9.17, 15) is 4.79 Å². The molecule has 0 aromatic carbocycles. The number of anilines is 1. The second-order valence-electron chi connectivity index (χ2n) is 5.43. The fourth-order valence-electron chi connectivity index (χ4n) is 1.49. The Morgan fingerprint density at radius 3 is 2.74 bits per heavy atom. The van der Waals surface area contributed by atoms with Gasteiger partial charge < -0.3 is 14.2 Å². The van der Waals surface area contributed by atoms with Gasteiger partial charge in [0, 0.05) is 7.05 Å². The van der Waals surface area contributed by atoms with E-state index in [1.165, 1.54) is 0 Å². The first-order valence-corrected chi connectivity index (χ1v) is 6.11. The number of nitrogens with zero attached hydrogens (tertiary/aromatic N) is 2.